The fourth-order valence-corrected chi connectivity index (χ4v) is 2.11. The van der Waals surface area contributed by atoms with Crippen molar-refractivity contribution in [2.24, 2.45) is 5.73 Å². The minimum Gasteiger partial charge on any atom is -0.481 e. The van der Waals surface area contributed by atoms with Crippen molar-refractivity contribution in [1.29, 1.82) is 0 Å². The number of carboxylic acid groups (broad SMARTS) is 1. The zero-order valence-corrected chi connectivity index (χ0v) is 11.1. The van der Waals surface area contributed by atoms with E-state index in [0.29, 0.717) is 19.5 Å². The highest BCUT2D eigenvalue weighted by Crippen LogP contribution is 2.12. The molecule has 0 saturated carbocycles. The molecule has 2 amide bonds. The molecular formula is C12H21N3O4. The summed E-state index contributed by atoms with van der Waals surface area (Å²) in [6, 6.07) is -1.62. The Balaban J connectivity index is 2.73. The van der Waals surface area contributed by atoms with E-state index in [1.807, 2.05) is 6.92 Å². The molecule has 7 heteroatoms. The maximum Gasteiger partial charge on any atom is 0.305 e. The summed E-state index contributed by atoms with van der Waals surface area (Å²) in [5.74, 6) is -1.87. The van der Waals surface area contributed by atoms with Gasteiger partial charge in [0.1, 0.15) is 6.04 Å². The summed E-state index contributed by atoms with van der Waals surface area (Å²) < 4.78 is 0. The van der Waals surface area contributed by atoms with Crippen molar-refractivity contribution < 1.29 is 19.5 Å². The van der Waals surface area contributed by atoms with Crippen LogP contribution >= 0.6 is 0 Å². The number of nitrogens with zero attached hydrogens (tertiary/aromatic N) is 1. The lowest BCUT2D eigenvalue weighted by molar-refractivity contribution is -0.149. The number of piperazine rings is 1. The molecule has 2 atom stereocenters. The van der Waals surface area contributed by atoms with Crippen molar-refractivity contribution in [1.82, 2.24) is 10.2 Å². The summed E-state index contributed by atoms with van der Waals surface area (Å²) >= 11 is 0. The van der Waals surface area contributed by atoms with Gasteiger partial charge in [0.05, 0.1) is 12.5 Å². The Bertz CT molecular complexity index is 359. The van der Waals surface area contributed by atoms with E-state index in [4.69, 9.17) is 10.8 Å². The van der Waals surface area contributed by atoms with Crippen molar-refractivity contribution in [3.05, 3.63) is 0 Å². The summed E-state index contributed by atoms with van der Waals surface area (Å²) in [7, 11) is 0. The van der Waals surface area contributed by atoms with E-state index in [1.165, 1.54) is 4.90 Å². The molecule has 0 spiro atoms. The maximum atomic E-state index is 12.2. The van der Waals surface area contributed by atoms with Gasteiger partial charge in [0, 0.05) is 13.1 Å². The van der Waals surface area contributed by atoms with Gasteiger partial charge in [-0.2, -0.15) is 0 Å². The van der Waals surface area contributed by atoms with E-state index < -0.39 is 30.4 Å². The topological polar surface area (TPSA) is 113 Å². The molecule has 1 rings (SSSR count). The lowest BCUT2D eigenvalue weighted by atomic mass is 10.0. The number of hydrogen-bond donors (Lipinski definition) is 3. The molecule has 1 fully saturated rings. The third-order valence-electron chi connectivity index (χ3n) is 3.17. The molecule has 0 bridgehead atoms. The lowest BCUT2D eigenvalue weighted by Gasteiger charge is -2.35. The van der Waals surface area contributed by atoms with Crippen LogP contribution in [0, 0.1) is 0 Å². The quantitative estimate of drug-likeness (QED) is 0.591. The molecule has 1 aliphatic rings. The van der Waals surface area contributed by atoms with Crippen LogP contribution in [0.15, 0.2) is 0 Å². The lowest BCUT2D eigenvalue weighted by Crippen LogP contribution is -2.60. The molecule has 19 heavy (non-hydrogen) atoms. The van der Waals surface area contributed by atoms with Gasteiger partial charge in [-0.1, -0.05) is 19.8 Å². The van der Waals surface area contributed by atoms with Crippen molar-refractivity contribution in [3.8, 4) is 0 Å². The van der Waals surface area contributed by atoms with Crippen LogP contribution in [0.4, 0.5) is 0 Å². The molecule has 0 aromatic rings. The fraction of sp³-hybridized carbons (Fsp3) is 0.750. The number of nitrogens with two attached hydrogens (primary N) is 1. The average Bonchev–Trinajstić information content (AvgIpc) is 2.37. The Morgan fingerprint density at radius 3 is 2.84 bits per heavy atom. The summed E-state index contributed by atoms with van der Waals surface area (Å²) in [5, 5.41) is 11.4. The van der Waals surface area contributed by atoms with Crippen molar-refractivity contribution >= 4 is 17.8 Å². The predicted molar refractivity (Wildman–Crippen MR) is 68.3 cm³/mol. The molecule has 0 aromatic heterocycles. The van der Waals surface area contributed by atoms with Gasteiger partial charge in [-0.3, -0.25) is 14.4 Å². The van der Waals surface area contributed by atoms with E-state index in [2.05, 4.69) is 5.32 Å². The Labute approximate surface area is 112 Å². The van der Waals surface area contributed by atoms with E-state index >= 15 is 0 Å². The van der Waals surface area contributed by atoms with Crippen LogP contribution in [0.1, 0.15) is 32.6 Å². The smallest absolute Gasteiger partial charge is 0.305 e. The number of unbranched alkanes of at least 4 members (excludes halogenated alkanes) is 1. The van der Waals surface area contributed by atoms with Crippen LogP contribution in [0.5, 0.6) is 0 Å². The van der Waals surface area contributed by atoms with Gasteiger partial charge < -0.3 is 21.1 Å². The van der Waals surface area contributed by atoms with Gasteiger partial charge in [-0.25, -0.2) is 0 Å². The van der Waals surface area contributed by atoms with Crippen molar-refractivity contribution in [2.75, 3.05) is 13.1 Å². The highest BCUT2D eigenvalue weighted by atomic mass is 16.4. The largest absolute Gasteiger partial charge is 0.481 e. The number of carbonyl (C=O) groups excluding carboxylic acids is 2. The zero-order chi connectivity index (χ0) is 14.4. The summed E-state index contributed by atoms with van der Waals surface area (Å²) in [5.41, 5.74) is 5.80. The average molecular weight is 271 g/mol. The van der Waals surface area contributed by atoms with Crippen LogP contribution in [-0.2, 0) is 14.4 Å². The molecule has 0 aromatic carbocycles. The number of amides is 2. The number of carbonyl (C=O) groups is 3. The van der Waals surface area contributed by atoms with E-state index in [-0.39, 0.29) is 5.91 Å². The van der Waals surface area contributed by atoms with E-state index in [1.54, 1.807) is 0 Å². The monoisotopic (exact) mass is 271 g/mol. The van der Waals surface area contributed by atoms with Gasteiger partial charge in [-0.05, 0) is 6.42 Å². The third-order valence-corrected chi connectivity index (χ3v) is 3.17. The molecule has 1 saturated heterocycles. The summed E-state index contributed by atoms with van der Waals surface area (Å²) in [6.45, 7) is 2.64. The Morgan fingerprint density at radius 2 is 2.26 bits per heavy atom. The Hall–Kier alpha value is -1.63. The molecular weight excluding hydrogens is 250 g/mol. The highest BCUT2D eigenvalue weighted by Gasteiger charge is 2.36. The Morgan fingerprint density at radius 1 is 1.58 bits per heavy atom. The van der Waals surface area contributed by atoms with Crippen LogP contribution in [-0.4, -0.2) is 53.0 Å². The molecule has 1 aliphatic heterocycles. The van der Waals surface area contributed by atoms with Gasteiger partial charge in [0.2, 0.25) is 11.8 Å². The first-order valence-corrected chi connectivity index (χ1v) is 6.53. The van der Waals surface area contributed by atoms with Crippen molar-refractivity contribution in [3.63, 3.8) is 0 Å². The van der Waals surface area contributed by atoms with E-state index in [0.717, 1.165) is 12.8 Å². The van der Waals surface area contributed by atoms with Crippen LogP contribution < -0.4 is 11.1 Å². The van der Waals surface area contributed by atoms with Gasteiger partial charge in [-0.15, -0.1) is 0 Å². The number of nitrogens with one attached hydrogen (secondary N) is 1. The molecule has 7 nitrogen and oxygen atoms in total. The first kappa shape index (κ1) is 15.4. The normalized spacial score (nSPS) is 20.8. The van der Waals surface area contributed by atoms with Crippen LogP contribution in [0.3, 0.4) is 0 Å². The molecule has 1 heterocycles. The highest BCUT2D eigenvalue weighted by molar-refractivity contribution is 5.93. The molecule has 0 radical (unpaired) electrons. The minimum absolute atomic E-state index is 0.308. The third kappa shape index (κ3) is 4.20. The van der Waals surface area contributed by atoms with E-state index in [9.17, 15) is 14.4 Å². The number of aliphatic carboxylic acids is 1. The van der Waals surface area contributed by atoms with Crippen LogP contribution in [0.25, 0.3) is 0 Å². The van der Waals surface area contributed by atoms with Gasteiger partial charge in [0.15, 0.2) is 0 Å². The first-order valence-electron chi connectivity index (χ1n) is 6.53. The molecule has 1 unspecified atom stereocenters. The second kappa shape index (κ2) is 7.08. The molecule has 0 aliphatic carbocycles. The second-order valence-corrected chi connectivity index (χ2v) is 4.69. The first-order chi connectivity index (χ1) is 8.97. The van der Waals surface area contributed by atoms with Gasteiger partial charge in [0.25, 0.3) is 0 Å². The summed E-state index contributed by atoms with van der Waals surface area (Å²) in [4.78, 5) is 35.9. The molecule has 4 N–H and O–H groups in total. The summed E-state index contributed by atoms with van der Waals surface area (Å²) in [6.07, 6.45) is 1.92. The van der Waals surface area contributed by atoms with Crippen LogP contribution in [0.2, 0.25) is 0 Å². The predicted octanol–water partition coefficient (Wildman–Crippen LogP) is -0.694. The second-order valence-electron chi connectivity index (χ2n) is 4.69. The fourth-order valence-electron chi connectivity index (χ4n) is 2.11. The maximum absolute atomic E-state index is 12.2. The SMILES string of the molecule is CCCC[C@H](N)C(=O)N1CCNC(=O)C1CC(=O)O. The van der Waals surface area contributed by atoms with Crippen molar-refractivity contribution in [2.45, 2.75) is 44.7 Å². The standard InChI is InChI=1S/C12H21N3O4/c1-2-3-4-8(13)12(19)15-6-5-14-11(18)9(15)7-10(16)17/h8-9H,2-7,13H2,1H3,(H,14,18)(H,16,17)/t8-,9?/m0/s1. The minimum atomic E-state index is -1.11. The zero-order valence-electron chi connectivity index (χ0n) is 11.1. The number of rotatable bonds is 6. The molecule has 108 valence electrons. The Kier molecular flexibility index (Phi) is 5.75. The van der Waals surface area contributed by atoms with Gasteiger partial charge >= 0.3 is 5.97 Å². The number of hydrogen-bond acceptors (Lipinski definition) is 4. The number of carboxylic acids is 1.